The van der Waals surface area contributed by atoms with Crippen molar-refractivity contribution in [3.63, 3.8) is 0 Å². The Balaban J connectivity index is 1.65. The fraction of sp³-hybridized carbons (Fsp3) is 0.381. The fourth-order valence-electron chi connectivity index (χ4n) is 4.15. The highest BCUT2D eigenvalue weighted by molar-refractivity contribution is 6.31. The lowest BCUT2D eigenvalue weighted by molar-refractivity contribution is 0.100. The maximum Gasteiger partial charge on any atom is 0.322 e. The third kappa shape index (κ3) is 3.42. The van der Waals surface area contributed by atoms with E-state index in [1.807, 2.05) is 19.1 Å². The summed E-state index contributed by atoms with van der Waals surface area (Å²) in [5.41, 5.74) is 2.26. The molecule has 2 aromatic rings. The van der Waals surface area contributed by atoms with Crippen LogP contribution in [0.5, 0.6) is 5.75 Å². The first-order valence-corrected chi connectivity index (χ1v) is 9.60. The Bertz CT molecular complexity index is 907. The molecule has 0 bridgehead atoms. The van der Waals surface area contributed by atoms with Crippen LogP contribution in [0.4, 0.5) is 14.9 Å². The molecule has 1 saturated heterocycles. The molecule has 2 aliphatic rings. The number of urea groups is 1. The highest BCUT2D eigenvalue weighted by Crippen LogP contribution is 2.47. The van der Waals surface area contributed by atoms with Crippen molar-refractivity contribution in [1.29, 1.82) is 0 Å². The molecule has 0 aliphatic carbocycles. The standard InChI is InChI=1S/C21H22ClFN2O3/c1-12-3-5-15(8-18(12)22)24-21(26)25-9-13(10-27-2)17-11-28-19-6-4-14(23)7-16(19)20(17)25/h3-8,13,17,20H,9-11H2,1-2H3,(H,24,26)/t13-,17-,20-/m0/s1. The topological polar surface area (TPSA) is 50.8 Å². The molecular weight excluding hydrogens is 383 g/mol. The second-order valence-electron chi connectivity index (χ2n) is 7.36. The summed E-state index contributed by atoms with van der Waals surface area (Å²) in [6.45, 7) is 3.39. The van der Waals surface area contributed by atoms with Crippen LogP contribution in [-0.4, -0.2) is 37.8 Å². The van der Waals surface area contributed by atoms with Gasteiger partial charge in [-0.3, -0.25) is 0 Å². The average Bonchev–Trinajstić information content (AvgIpc) is 3.04. The van der Waals surface area contributed by atoms with E-state index in [9.17, 15) is 9.18 Å². The van der Waals surface area contributed by atoms with Gasteiger partial charge in [0.2, 0.25) is 0 Å². The molecule has 1 N–H and O–H groups in total. The summed E-state index contributed by atoms with van der Waals surface area (Å²) < 4.78 is 25.1. The van der Waals surface area contributed by atoms with E-state index in [1.54, 1.807) is 24.1 Å². The van der Waals surface area contributed by atoms with Gasteiger partial charge in [0, 0.05) is 41.8 Å². The van der Waals surface area contributed by atoms with E-state index < -0.39 is 0 Å². The zero-order valence-electron chi connectivity index (χ0n) is 15.7. The molecule has 2 aromatic carbocycles. The van der Waals surface area contributed by atoms with Gasteiger partial charge in [0.1, 0.15) is 11.6 Å². The molecule has 2 heterocycles. The number of carbonyl (C=O) groups excluding carboxylic acids is 1. The Hall–Kier alpha value is -2.31. The second kappa shape index (κ2) is 7.60. The molecule has 1 fully saturated rings. The maximum absolute atomic E-state index is 13.9. The maximum atomic E-state index is 13.9. The molecular formula is C21H22ClFN2O3. The number of hydrogen-bond acceptors (Lipinski definition) is 3. The summed E-state index contributed by atoms with van der Waals surface area (Å²) in [6.07, 6.45) is 0. The number of rotatable bonds is 3. The van der Waals surface area contributed by atoms with Crippen LogP contribution in [-0.2, 0) is 4.74 Å². The van der Waals surface area contributed by atoms with Crippen LogP contribution in [0.25, 0.3) is 0 Å². The van der Waals surface area contributed by atoms with E-state index >= 15 is 0 Å². The van der Waals surface area contributed by atoms with Crippen molar-refractivity contribution in [1.82, 2.24) is 4.90 Å². The van der Waals surface area contributed by atoms with E-state index in [0.717, 1.165) is 5.56 Å². The molecule has 28 heavy (non-hydrogen) atoms. The molecule has 0 saturated carbocycles. The van der Waals surface area contributed by atoms with Crippen molar-refractivity contribution in [2.75, 3.05) is 32.2 Å². The molecule has 0 unspecified atom stereocenters. The number of likely N-dealkylation sites (tertiary alicyclic amines) is 1. The van der Waals surface area contributed by atoms with Gasteiger partial charge in [-0.2, -0.15) is 0 Å². The minimum absolute atomic E-state index is 0.0432. The van der Waals surface area contributed by atoms with Gasteiger partial charge < -0.3 is 19.7 Å². The van der Waals surface area contributed by atoms with E-state index in [0.29, 0.717) is 41.8 Å². The molecule has 0 spiro atoms. The minimum Gasteiger partial charge on any atom is -0.493 e. The predicted molar refractivity (Wildman–Crippen MR) is 105 cm³/mol. The SMILES string of the molecule is COC[C@@H]1CN(C(=O)Nc2ccc(C)c(Cl)c2)[C@H]2c3cc(F)ccc3OC[C@@H]12. The number of carbonyl (C=O) groups is 1. The van der Waals surface area contributed by atoms with E-state index in [2.05, 4.69) is 5.32 Å². The molecule has 0 aromatic heterocycles. The molecule has 5 nitrogen and oxygen atoms in total. The molecule has 4 rings (SSSR count). The number of ether oxygens (including phenoxy) is 2. The second-order valence-corrected chi connectivity index (χ2v) is 7.77. The lowest BCUT2D eigenvalue weighted by Crippen LogP contribution is -2.38. The zero-order valence-corrected chi connectivity index (χ0v) is 16.5. The third-order valence-electron chi connectivity index (χ3n) is 5.56. The van der Waals surface area contributed by atoms with Crippen molar-refractivity contribution in [3.05, 3.63) is 58.4 Å². The van der Waals surface area contributed by atoms with Gasteiger partial charge in [0.15, 0.2) is 0 Å². The Morgan fingerprint density at radius 3 is 2.93 bits per heavy atom. The summed E-state index contributed by atoms with van der Waals surface area (Å²) in [6, 6.07) is 9.36. The molecule has 148 valence electrons. The van der Waals surface area contributed by atoms with Crippen molar-refractivity contribution in [2.24, 2.45) is 11.8 Å². The van der Waals surface area contributed by atoms with Gasteiger partial charge >= 0.3 is 6.03 Å². The number of benzene rings is 2. The first-order valence-electron chi connectivity index (χ1n) is 9.23. The smallest absolute Gasteiger partial charge is 0.322 e. The predicted octanol–water partition coefficient (Wildman–Crippen LogP) is 4.65. The Morgan fingerprint density at radius 2 is 2.18 bits per heavy atom. The van der Waals surface area contributed by atoms with Gasteiger partial charge in [-0.1, -0.05) is 17.7 Å². The van der Waals surface area contributed by atoms with Gasteiger partial charge in [0.25, 0.3) is 0 Å². The van der Waals surface area contributed by atoms with Crippen molar-refractivity contribution < 1.29 is 18.7 Å². The highest BCUT2D eigenvalue weighted by Gasteiger charge is 2.48. The molecule has 3 atom stereocenters. The molecule has 2 aliphatic heterocycles. The lowest BCUT2D eigenvalue weighted by atomic mass is 9.85. The number of aryl methyl sites for hydroxylation is 1. The number of amides is 2. The molecule has 0 radical (unpaired) electrons. The number of methoxy groups -OCH3 is 1. The average molecular weight is 405 g/mol. The number of nitrogens with one attached hydrogen (secondary N) is 1. The van der Waals surface area contributed by atoms with Crippen LogP contribution in [0.1, 0.15) is 17.2 Å². The van der Waals surface area contributed by atoms with Crippen LogP contribution in [0, 0.1) is 24.6 Å². The van der Waals surface area contributed by atoms with Crippen molar-refractivity contribution in [3.8, 4) is 5.75 Å². The summed E-state index contributed by atoms with van der Waals surface area (Å²) in [7, 11) is 1.64. The number of anilines is 1. The number of nitrogens with zero attached hydrogens (tertiary/aromatic N) is 1. The van der Waals surface area contributed by atoms with Crippen molar-refractivity contribution in [2.45, 2.75) is 13.0 Å². The van der Waals surface area contributed by atoms with Crippen LogP contribution < -0.4 is 10.1 Å². The van der Waals surface area contributed by atoms with Gasteiger partial charge in [-0.15, -0.1) is 0 Å². The van der Waals surface area contributed by atoms with Crippen LogP contribution in [0.3, 0.4) is 0 Å². The van der Waals surface area contributed by atoms with Gasteiger partial charge in [0.05, 0.1) is 19.3 Å². The van der Waals surface area contributed by atoms with Crippen LogP contribution in [0.15, 0.2) is 36.4 Å². The van der Waals surface area contributed by atoms with E-state index in [1.165, 1.54) is 12.1 Å². The lowest BCUT2D eigenvalue weighted by Gasteiger charge is -2.34. The zero-order chi connectivity index (χ0) is 19.8. The molecule has 7 heteroatoms. The third-order valence-corrected chi connectivity index (χ3v) is 5.97. The first-order chi connectivity index (χ1) is 13.5. The molecule has 2 amide bonds. The summed E-state index contributed by atoms with van der Waals surface area (Å²) in [5, 5.41) is 3.51. The van der Waals surface area contributed by atoms with E-state index in [4.69, 9.17) is 21.1 Å². The summed E-state index contributed by atoms with van der Waals surface area (Å²) in [4.78, 5) is 14.9. The van der Waals surface area contributed by atoms with E-state index in [-0.39, 0.29) is 29.7 Å². The number of halogens is 2. The first kappa shape index (κ1) is 19.0. The Morgan fingerprint density at radius 1 is 1.36 bits per heavy atom. The van der Waals surface area contributed by atoms with Crippen LogP contribution >= 0.6 is 11.6 Å². The highest BCUT2D eigenvalue weighted by atomic mass is 35.5. The Labute approximate surface area is 168 Å². The minimum atomic E-state index is -0.344. The fourth-order valence-corrected chi connectivity index (χ4v) is 4.33. The largest absolute Gasteiger partial charge is 0.493 e. The number of fused-ring (bicyclic) bond motifs is 3. The van der Waals surface area contributed by atoms with Crippen molar-refractivity contribution >= 4 is 23.3 Å². The monoisotopic (exact) mass is 404 g/mol. The quantitative estimate of drug-likeness (QED) is 0.810. The van der Waals surface area contributed by atoms with Gasteiger partial charge in [-0.05, 0) is 42.8 Å². The summed E-state index contributed by atoms with van der Waals surface area (Å²) in [5.74, 6) is 0.432. The summed E-state index contributed by atoms with van der Waals surface area (Å²) >= 11 is 6.18. The Kier molecular flexibility index (Phi) is 5.17. The van der Waals surface area contributed by atoms with Crippen LogP contribution in [0.2, 0.25) is 5.02 Å². The normalized spacial score (nSPS) is 23.0. The van der Waals surface area contributed by atoms with Gasteiger partial charge in [-0.25, -0.2) is 9.18 Å². The number of hydrogen-bond donors (Lipinski definition) is 1.